The molecule has 2 N–H and O–H groups in total. The molecule has 0 aliphatic carbocycles. The summed E-state index contributed by atoms with van der Waals surface area (Å²) in [5.74, 6) is -1.97. The van der Waals surface area contributed by atoms with Crippen molar-refractivity contribution in [2.24, 2.45) is 0 Å². The first kappa shape index (κ1) is 14.2. The number of benzene rings is 2. The van der Waals surface area contributed by atoms with E-state index < -0.39 is 17.7 Å². The fourth-order valence-corrected chi connectivity index (χ4v) is 2.08. The van der Waals surface area contributed by atoms with E-state index >= 15 is 0 Å². The number of amides is 1. The fraction of sp³-hybridized carbons (Fsp3) is 0. The van der Waals surface area contributed by atoms with E-state index in [9.17, 15) is 14.0 Å². The monoisotopic (exact) mass is 337 g/mol. The molecular formula is C14H9BrFNO3. The van der Waals surface area contributed by atoms with Gasteiger partial charge in [-0.05, 0) is 42.5 Å². The summed E-state index contributed by atoms with van der Waals surface area (Å²) in [7, 11) is 0. The number of carbonyl (C=O) groups excluding carboxylic acids is 1. The average molecular weight is 338 g/mol. The first-order valence-corrected chi connectivity index (χ1v) is 6.36. The van der Waals surface area contributed by atoms with Gasteiger partial charge in [0.2, 0.25) is 0 Å². The third-order valence-corrected chi connectivity index (χ3v) is 2.97. The number of halogens is 2. The Morgan fingerprint density at radius 2 is 1.70 bits per heavy atom. The molecule has 0 radical (unpaired) electrons. The Hall–Kier alpha value is -2.21. The van der Waals surface area contributed by atoms with Crippen molar-refractivity contribution in [2.45, 2.75) is 0 Å². The van der Waals surface area contributed by atoms with E-state index in [0.29, 0.717) is 10.2 Å². The van der Waals surface area contributed by atoms with Gasteiger partial charge in [0.05, 0.1) is 5.56 Å². The van der Waals surface area contributed by atoms with Gasteiger partial charge in [-0.2, -0.15) is 0 Å². The van der Waals surface area contributed by atoms with Crippen molar-refractivity contribution >= 4 is 33.5 Å². The first-order valence-electron chi connectivity index (χ1n) is 5.56. The van der Waals surface area contributed by atoms with Gasteiger partial charge in [0, 0.05) is 15.7 Å². The molecular weight excluding hydrogens is 329 g/mol. The number of carbonyl (C=O) groups is 2. The Balaban J connectivity index is 2.23. The Bertz CT molecular complexity index is 671. The van der Waals surface area contributed by atoms with Gasteiger partial charge in [-0.3, -0.25) is 4.79 Å². The summed E-state index contributed by atoms with van der Waals surface area (Å²) in [5.41, 5.74) is 0.670. The Morgan fingerprint density at radius 1 is 1.05 bits per heavy atom. The van der Waals surface area contributed by atoms with Crippen molar-refractivity contribution in [3.63, 3.8) is 0 Å². The van der Waals surface area contributed by atoms with Crippen LogP contribution in [0.4, 0.5) is 10.1 Å². The lowest BCUT2D eigenvalue weighted by Gasteiger charge is -2.07. The van der Waals surface area contributed by atoms with Crippen molar-refractivity contribution in [3.05, 3.63) is 63.9 Å². The van der Waals surface area contributed by atoms with Gasteiger partial charge < -0.3 is 10.4 Å². The van der Waals surface area contributed by atoms with Gasteiger partial charge in [-0.1, -0.05) is 15.9 Å². The van der Waals surface area contributed by atoms with E-state index in [0.717, 1.165) is 0 Å². The van der Waals surface area contributed by atoms with Crippen LogP contribution in [0, 0.1) is 5.82 Å². The van der Waals surface area contributed by atoms with E-state index in [1.165, 1.54) is 36.4 Å². The molecule has 0 aliphatic rings. The zero-order valence-electron chi connectivity index (χ0n) is 10.1. The number of nitrogens with one attached hydrogen (secondary N) is 1. The number of hydrogen-bond donors (Lipinski definition) is 2. The van der Waals surface area contributed by atoms with E-state index in [4.69, 9.17) is 5.11 Å². The molecule has 4 nitrogen and oxygen atoms in total. The molecule has 0 aliphatic heterocycles. The largest absolute Gasteiger partial charge is 0.478 e. The number of aromatic carboxylic acids is 1. The van der Waals surface area contributed by atoms with Gasteiger partial charge in [0.15, 0.2) is 0 Å². The van der Waals surface area contributed by atoms with Crippen LogP contribution in [0.25, 0.3) is 0 Å². The molecule has 2 rings (SSSR count). The van der Waals surface area contributed by atoms with E-state index in [2.05, 4.69) is 21.2 Å². The number of hydrogen-bond acceptors (Lipinski definition) is 2. The number of rotatable bonds is 3. The summed E-state index contributed by atoms with van der Waals surface area (Å²) >= 11 is 3.17. The van der Waals surface area contributed by atoms with Crippen LogP contribution in [-0.2, 0) is 0 Å². The van der Waals surface area contributed by atoms with Crippen molar-refractivity contribution in [1.82, 2.24) is 0 Å². The van der Waals surface area contributed by atoms with Crippen LogP contribution in [0.1, 0.15) is 20.7 Å². The molecule has 6 heteroatoms. The minimum atomic E-state index is -1.09. The second-order valence-corrected chi connectivity index (χ2v) is 4.91. The standard InChI is InChI=1S/C14H9BrFNO3/c15-10-5-9(14(19)20)6-12(7-10)17-13(18)8-1-3-11(16)4-2-8/h1-7H,(H,17,18)(H,19,20). The lowest BCUT2D eigenvalue weighted by atomic mass is 10.1. The molecule has 0 bridgehead atoms. The summed E-state index contributed by atoms with van der Waals surface area (Å²) in [5, 5.41) is 11.5. The summed E-state index contributed by atoms with van der Waals surface area (Å²) in [6.07, 6.45) is 0. The Morgan fingerprint density at radius 3 is 2.30 bits per heavy atom. The van der Waals surface area contributed by atoms with E-state index in [1.54, 1.807) is 6.07 Å². The molecule has 1 amide bonds. The molecule has 0 unspecified atom stereocenters. The number of anilines is 1. The molecule has 2 aromatic rings. The lowest BCUT2D eigenvalue weighted by Crippen LogP contribution is -2.12. The third kappa shape index (κ3) is 3.42. The molecule has 2 aromatic carbocycles. The highest BCUT2D eigenvalue weighted by Crippen LogP contribution is 2.20. The molecule has 0 atom stereocenters. The van der Waals surface area contributed by atoms with Gasteiger partial charge in [-0.25, -0.2) is 9.18 Å². The summed E-state index contributed by atoms with van der Waals surface area (Å²) in [6, 6.07) is 9.40. The smallest absolute Gasteiger partial charge is 0.335 e. The second kappa shape index (κ2) is 5.83. The highest BCUT2D eigenvalue weighted by molar-refractivity contribution is 9.10. The number of carboxylic acid groups (broad SMARTS) is 1. The molecule has 0 saturated carbocycles. The van der Waals surface area contributed by atoms with Crippen LogP contribution < -0.4 is 5.32 Å². The predicted molar refractivity (Wildman–Crippen MR) is 75.5 cm³/mol. The maximum atomic E-state index is 12.8. The zero-order valence-corrected chi connectivity index (χ0v) is 11.6. The average Bonchev–Trinajstić information content (AvgIpc) is 2.38. The highest BCUT2D eigenvalue weighted by atomic mass is 79.9. The van der Waals surface area contributed by atoms with Crippen LogP contribution in [0.5, 0.6) is 0 Å². The van der Waals surface area contributed by atoms with Crippen molar-refractivity contribution in [3.8, 4) is 0 Å². The van der Waals surface area contributed by atoms with Crippen LogP contribution in [0.3, 0.4) is 0 Å². The SMILES string of the molecule is O=C(O)c1cc(Br)cc(NC(=O)c2ccc(F)cc2)c1. The van der Waals surface area contributed by atoms with Gasteiger partial charge in [-0.15, -0.1) is 0 Å². The molecule has 0 fully saturated rings. The van der Waals surface area contributed by atoms with E-state index in [1.807, 2.05) is 0 Å². The second-order valence-electron chi connectivity index (χ2n) is 3.99. The molecule has 0 aromatic heterocycles. The van der Waals surface area contributed by atoms with Crippen LogP contribution in [0.2, 0.25) is 0 Å². The maximum Gasteiger partial charge on any atom is 0.335 e. The molecule has 0 saturated heterocycles. The highest BCUT2D eigenvalue weighted by Gasteiger charge is 2.10. The fourth-order valence-electron chi connectivity index (χ4n) is 1.59. The van der Waals surface area contributed by atoms with Gasteiger partial charge in [0.1, 0.15) is 5.82 Å². The van der Waals surface area contributed by atoms with Crippen LogP contribution in [-0.4, -0.2) is 17.0 Å². The van der Waals surface area contributed by atoms with E-state index in [-0.39, 0.29) is 11.1 Å². The van der Waals surface area contributed by atoms with Crippen LogP contribution >= 0.6 is 15.9 Å². The zero-order chi connectivity index (χ0) is 14.7. The molecule has 102 valence electrons. The minimum Gasteiger partial charge on any atom is -0.478 e. The molecule has 20 heavy (non-hydrogen) atoms. The summed E-state index contributed by atoms with van der Waals surface area (Å²) in [6.45, 7) is 0. The van der Waals surface area contributed by atoms with Crippen LogP contribution in [0.15, 0.2) is 46.9 Å². The van der Waals surface area contributed by atoms with Crippen molar-refractivity contribution in [1.29, 1.82) is 0 Å². The van der Waals surface area contributed by atoms with Crippen molar-refractivity contribution in [2.75, 3.05) is 5.32 Å². The lowest BCUT2D eigenvalue weighted by molar-refractivity contribution is 0.0696. The Labute approximate surface area is 122 Å². The van der Waals surface area contributed by atoms with Crippen molar-refractivity contribution < 1.29 is 19.1 Å². The van der Waals surface area contributed by atoms with Gasteiger partial charge in [0.25, 0.3) is 5.91 Å². The topological polar surface area (TPSA) is 66.4 Å². The van der Waals surface area contributed by atoms with Gasteiger partial charge >= 0.3 is 5.97 Å². The molecule has 0 heterocycles. The number of carboxylic acids is 1. The predicted octanol–water partition coefficient (Wildman–Crippen LogP) is 3.54. The third-order valence-electron chi connectivity index (χ3n) is 2.51. The minimum absolute atomic E-state index is 0.0498. The first-order chi connectivity index (χ1) is 9.45. The maximum absolute atomic E-state index is 12.8. The quantitative estimate of drug-likeness (QED) is 0.900. The summed E-state index contributed by atoms with van der Waals surface area (Å²) < 4.78 is 13.3. The molecule has 0 spiro atoms. The Kier molecular flexibility index (Phi) is 4.14. The summed E-state index contributed by atoms with van der Waals surface area (Å²) in [4.78, 5) is 22.8. The normalized spacial score (nSPS) is 10.1.